The van der Waals surface area contributed by atoms with Crippen LogP contribution < -0.4 is 10.2 Å². The maximum Gasteiger partial charge on any atom is 0.158 e. The Kier molecular flexibility index (Phi) is 5.51. The predicted molar refractivity (Wildman–Crippen MR) is 86.0 cm³/mol. The van der Waals surface area contributed by atoms with Crippen LogP contribution in [-0.2, 0) is 11.3 Å². The van der Waals surface area contributed by atoms with Crippen LogP contribution in [0.15, 0.2) is 36.4 Å². The van der Waals surface area contributed by atoms with Gasteiger partial charge in [0.15, 0.2) is 5.82 Å². The van der Waals surface area contributed by atoms with Gasteiger partial charge in [-0.25, -0.2) is 9.97 Å². The summed E-state index contributed by atoms with van der Waals surface area (Å²) in [6.07, 6.45) is 0. The fourth-order valence-corrected chi connectivity index (χ4v) is 1.97. The third-order valence-corrected chi connectivity index (χ3v) is 3.04. The SMILES string of the molecule is CCNc1cc(N(C)c2ccccc2)nc(COCC)n1. The largest absolute Gasteiger partial charge is 0.374 e. The van der Waals surface area contributed by atoms with Gasteiger partial charge in [-0.3, -0.25) is 0 Å². The molecule has 0 amide bonds. The molecule has 0 unspecified atom stereocenters. The highest BCUT2D eigenvalue weighted by Crippen LogP contribution is 2.23. The predicted octanol–water partition coefficient (Wildman–Crippen LogP) is 3.21. The Morgan fingerprint density at radius 1 is 1.14 bits per heavy atom. The second kappa shape index (κ2) is 7.59. The number of nitrogens with one attached hydrogen (secondary N) is 1. The van der Waals surface area contributed by atoms with Crippen LogP contribution in [0.25, 0.3) is 0 Å². The van der Waals surface area contributed by atoms with Crippen LogP contribution in [-0.4, -0.2) is 30.2 Å². The van der Waals surface area contributed by atoms with Crippen LogP contribution in [0.4, 0.5) is 17.3 Å². The van der Waals surface area contributed by atoms with Crippen molar-refractivity contribution in [2.24, 2.45) is 0 Å². The molecular weight excluding hydrogens is 264 g/mol. The maximum atomic E-state index is 5.42. The van der Waals surface area contributed by atoms with E-state index in [1.54, 1.807) is 0 Å². The average molecular weight is 286 g/mol. The number of rotatable bonds is 7. The number of para-hydroxylation sites is 1. The minimum absolute atomic E-state index is 0.422. The molecular formula is C16H22N4O. The van der Waals surface area contributed by atoms with Gasteiger partial charge in [0.1, 0.15) is 18.2 Å². The Morgan fingerprint density at radius 3 is 2.57 bits per heavy atom. The molecule has 2 rings (SSSR count). The molecule has 1 aromatic heterocycles. The zero-order valence-corrected chi connectivity index (χ0v) is 12.8. The summed E-state index contributed by atoms with van der Waals surface area (Å²) in [6.45, 7) is 5.90. The van der Waals surface area contributed by atoms with Gasteiger partial charge in [-0.1, -0.05) is 18.2 Å². The standard InChI is InChI=1S/C16H22N4O/c1-4-17-14-11-16(19-15(18-14)12-21-5-2)20(3)13-9-7-6-8-10-13/h6-11H,4-5,12H2,1-3H3,(H,17,18,19). The van der Waals surface area contributed by atoms with Crippen molar-refractivity contribution in [1.29, 1.82) is 0 Å². The number of nitrogens with zero attached hydrogens (tertiary/aromatic N) is 3. The van der Waals surface area contributed by atoms with E-state index in [9.17, 15) is 0 Å². The average Bonchev–Trinajstić information content (AvgIpc) is 2.53. The quantitative estimate of drug-likeness (QED) is 0.847. The molecule has 21 heavy (non-hydrogen) atoms. The van der Waals surface area contributed by atoms with Gasteiger partial charge in [0.2, 0.25) is 0 Å². The van der Waals surface area contributed by atoms with E-state index in [1.807, 2.05) is 50.1 Å². The Hall–Kier alpha value is -2.14. The van der Waals surface area contributed by atoms with E-state index in [2.05, 4.69) is 27.4 Å². The zero-order valence-electron chi connectivity index (χ0n) is 12.8. The molecule has 0 aliphatic heterocycles. The highest BCUT2D eigenvalue weighted by atomic mass is 16.5. The number of hydrogen-bond acceptors (Lipinski definition) is 5. The van der Waals surface area contributed by atoms with Crippen molar-refractivity contribution in [3.63, 3.8) is 0 Å². The van der Waals surface area contributed by atoms with E-state index in [0.717, 1.165) is 23.9 Å². The molecule has 0 saturated heterocycles. The molecule has 5 heteroatoms. The van der Waals surface area contributed by atoms with Crippen LogP contribution in [0.1, 0.15) is 19.7 Å². The molecule has 0 spiro atoms. The van der Waals surface area contributed by atoms with Gasteiger partial charge in [0.05, 0.1) is 0 Å². The third-order valence-electron chi connectivity index (χ3n) is 3.04. The number of anilines is 3. The van der Waals surface area contributed by atoms with Crippen molar-refractivity contribution in [1.82, 2.24) is 9.97 Å². The van der Waals surface area contributed by atoms with Crippen molar-refractivity contribution in [3.05, 3.63) is 42.2 Å². The fraction of sp³-hybridized carbons (Fsp3) is 0.375. The Balaban J connectivity index is 2.30. The van der Waals surface area contributed by atoms with Gasteiger partial charge in [-0.15, -0.1) is 0 Å². The molecule has 0 bridgehead atoms. The summed E-state index contributed by atoms with van der Waals surface area (Å²) in [5.74, 6) is 2.36. The summed E-state index contributed by atoms with van der Waals surface area (Å²) in [7, 11) is 2.00. The first-order chi connectivity index (χ1) is 10.2. The molecule has 0 aliphatic rings. The second-order valence-corrected chi connectivity index (χ2v) is 4.59. The molecule has 0 radical (unpaired) electrons. The normalized spacial score (nSPS) is 10.4. The van der Waals surface area contributed by atoms with E-state index in [4.69, 9.17) is 4.74 Å². The van der Waals surface area contributed by atoms with Gasteiger partial charge in [-0.05, 0) is 26.0 Å². The highest BCUT2D eigenvalue weighted by Gasteiger charge is 2.10. The summed E-state index contributed by atoms with van der Waals surface area (Å²) in [6, 6.07) is 12.1. The lowest BCUT2D eigenvalue weighted by Crippen LogP contribution is -2.14. The highest BCUT2D eigenvalue weighted by molar-refractivity contribution is 5.61. The van der Waals surface area contributed by atoms with Crippen LogP contribution in [0.3, 0.4) is 0 Å². The Morgan fingerprint density at radius 2 is 1.90 bits per heavy atom. The van der Waals surface area contributed by atoms with Gasteiger partial charge >= 0.3 is 0 Å². The van der Waals surface area contributed by atoms with Crippen molar-refractivity contribution < 1.29 is 4.74 Å². The van der Waals surface area contributed by atoms with Crippen LogP contribution in [0.2, 0.25) is 0 Å². The molecule has 0 aliphatic carbocycles. The first-order valence-corrected chi connectivity index (χ1v) is 7.23. The van der Waals surface area contributed by atoms with E-state index in [0.29, 0.717) is 19.0 Å². The molecule has 1 heterocycles. The molecule has 0 saturated carbocycles. The van der Waals surface area contributed by atoms with Crippen molar-refractivity contribution in [2.75, 3.05) is 30.4 Å². The third kappa shape index (κ3) is 4.16. The van der Waals surface area contributed by atoms with Crippen LogP contribution in [0, 0.1) is 0 Å². The topological polar surface area (TPSA) is 50.3 Å². The van der Waals surface area contributed by atoms with Gasteiger partial charge in [-0.2, -0.15) is 0 Å². The molecule has 0 atom stereocenters. The Labute approximate surface area is 126 Å². The van der Waals surface area contributed by atoms with E-state index < -0.39 is 0 Å². The molecule has 112 valence electrons. The fourth-order valence-electron chi connectivity index (χ4n) is 1.97. The number of aromatic nitrogens is 2. The van der Waals surface area contributed by atoms with E-state index in [1.165, 1.54) is 0 Å². The number of hydrogen-bond donors (Lipinski definition) is 1. The first kappa shape index (κ1) is 15.3. The lowest BCUT2D eigenvalue weighted by Gasteiger charge is -2.19. The summed E-state index contributed by atoms with van der Waals surface area (Å²) in [4.78, 5) is 11.1. The second-order valence-electron chi connectivity index (χ2n) is 4.59. The van der Waals surface area contributed by atoms with Crippen LogP contribution in [0.5, 0.6) is 0 Å². The van der Waals surface area contributed by atoms with Gasteiger partial charge < -0.3 is 15.0 Å². The molecule has 0 fully saturated rings. The lowest BCUT2D eigenvalue weighted by atomic mass is 10.3. The number of ether oxygens (including phenoxy) is 1. The van der Waals surface area contributed by atoms with Gasteiger partial charge in [0, 0.05) is 32.0 Å². The van der Waals surface area contributed by atoms with Crippen LogP contribution >= 0.6 is 0 Å². The first-order valence-electron chi connectivity index (χ1n) is 7.23. The van der Waals surface area contributed by atoms with Crippen molar-refractivity contribution in [3.8, 4) is 0 Å². The van der Waals surface area contributed by atoms with Crippen molar-refractivity contribution >= 4 is 17.3 Å². The smallest absolute Gasteiger partial charge is 0.158 e. The van der Waals surface area contributed by atoms with E-state index in [-0.39, 0.29) is 0 Å². The summed E-state index contributed by atoms with van der Waals surface area (Å²) < 4.78 is 5.42. The van der Waals surface area contributed by atoms with E-state index >= 15 is 0 Å². The number of benzene rings is 1. The summed E-state index contributed by atoms with van der Waals surface area (Å²) in [5, 5.41) is 3.24. The molecule has 1 aromatic carbocycles. The monoisotopic (exact) mass is 286 g/mol. The zero-order chi connectivity index (χ0) is 15.1. The molecule has 1 N–H and O–H groups in total. The summed E-state index contributed by atoms with van der Waals surface area (Å²) >= 11 is 0. The molecule has 5 nitrogen and oxygen atoms in total. The maximum absolute atomic E-state index is 5.42. The van der Waals surface area contributed by atoms with Crippen molar-refractivity contribution in [2.45, 2.75) is 20.5 Å². The minimum atomic E-state index is 0.422. The molecule has 2 aromatic rings. The lowest BCUT2D eigenvalue weighted by molar-refractivity contribution is 0.128. The van der Waals surface area contributed by atoms with Gasteiger partial charge in [0.25, 0.3) is 0 Å². The Bertz CT molecular complexity index is 559. The summed E-state index contributed by atoms with van der Waals surface area (Å²) in [5.41, 5.74) is 1.08. The minimum Gasteiger partial charge on any atom is -0.374 e.